The standard InChI is InChI=1S/C25H25BrN4O2S/c1-3-31-22-13-20(21(26)14-23(22)32-16-19-12-8-7-9-17(19)2)15-27-30-24(28-29-25(30)33)18-10-5-4-6-11-18/h4-14,27H,3,15-16H2,1-2H3,(H,29,33). The zero-order valence-electron chi connectivity index (χ0n) is 18.5. The van der Waals surface area contributed by atoms with Gasteiger partial charge in [-0.2, -0.15) is 5.10 Å². The van der Waals surface area contributed by atoms with Gasteiger partial charge in [-0.15, -0.1) is 0 Å². The Labute approximate surface area is 206 Å². The first-order valence-electron chi connectivity index (χ1n) is 10.7. The number of hydrogen-bond acceptors (Lipinski definition) is 5. The summed E-state index contributed by atoms with van der Waals surface area (Å²) in [5.74, 6) is 2.12. The molecule has 170 valence electrons. The van der Waals surface area contributed by atoms with Gasteiger partial charge < -0.3 is 14.9 Å². The third-order valence-corrected chi connectivity index (χ3v) is 6.20. The first kappa shape index (κ1) is 23.1. The molecule has 3 aromatic carbocycles. The normalized spacial score (nSPS) is 10.8. The van der Waals surface area contributed by atoms with E-state index in [9.17, 15) is 0 Å². The van der Waals surface area contributed by atoms with Crippen LogP contribution in [0, 0.1) is 11.7 Å². The molecule has 1 heterocycles. The Morgan fingerprint density at radius 3 is 2.48 bits per heavy atom. The van der Waals surface area contributed by atoms with E-state index < -0.39 is 0 Å². The Bertz CT molecular complexity index is 1290. The first-order chi connectivity index (χ1) is 16.1. The van der Waals surface area contributed by atoms with E-state index >= 15 is 0 Å². The molecule has 0 saturated heterocycles. The van der Waals surface area contributed by atoms with Crippen LogP contribution in [0.5, 0.6) is 11.5 Å². The number of nitrogens with zero attached hydrogens (tertiary/aromatic N) is 2. The van der Waals surface area contributed by atoms with E-state index in [1.54, 1.807) is 4.68 Å². The number of halogens is 1. The zero-order valence-corrected chi connectivity index (χ0v) is 20.9. The molecule has 1 aromatic heterocycles. The summed E-state index contributed by atoms with van der Waals surface area (Å²) in [6.07, 6.45) is 0. The summed E-state index contributed by atoms with van der Waals surface area (Å²) in [4.78, 5) is 0. The van der Waals surface area contributed by atoms with Crippen LogP contribution in [0.1, 0.15) is 23.6 Å². The van der Waals surface area contributed by atoms with Gasteiger partial charge in [0.05, 0.1) is 13.2 Å². The topological polar surface area (TPSA) is 64.1 Å². The summed E-state index contributed by atoms with van der Waals surface area (Å²) >= 11 is 9.11. The Hall–Kier alpha value is -3.10. The van der Waals surface area contributed by atoms with Crippen molar-refractivity contribution in [3.05, 3.63) is 92.7 Å². The van der Waals surface area contributed by atoms with Crippen molar-refractivity contribution in [1.82, 2.24) is 14.9 Å². The van der Waals surface area contributed by atoms with Gasteiger partial charge in [0.2, 0.25) is 4.77 Å². The summed E-state index contributed by atoms with van der Waals surface area (Å²) in [7, 11) is 0. The number of nitrogens with one attached hydrogen (secondary N) is 2. The van der Waals surface area contributed by atoms with Crippen LogP contribution in [-0.2, 0) is 13.2 Å². The lowest BCUT2D eigenvalue weighted by atomic mass is 10.1. The highest BCUT2D eigenvalue weighted by Crippen LogP contribution is 2.35. The summed E-state index contributed by atoms with van der Waals surface area (Å²) in [5, 5.41) is 7.23. The van der Waals surface area contributed by atoms with Crippen LogP contribution in [0.15, 0.2) is 71.2 Å². The van der Waals surface area contributed by atoms with E-state index in [1.165, 1.54) is 5.56 Å². The molecule has 0 aliphatic heterocycles. The van der Waals surface area contributed by atoms with Gasteiger partial charge in [0.15, 0.2) is 17.3 Å². The highest BCUT2D eigenvalue weighted by atomic mass is 79.9. The minimum atomic E-state index is 0.474. The SMILES string of the molecule is CCOc1cc(CNn2c(-c3ccccc3)n[nH]c2=S)c(Br)cc1OCc1ccccc1C. The molecule has 0 fully saturated rings. The van der Waals surface area contributed by atoms with Crippen molar-refractivity contribution >= 4 is 28.1 Å². The fourth-order valence-electron chi connectivity index (χ4n) is 3.41. The Kier molecular flexibility index (Phi) is 7.47. The lowest BCUT2D eigenvalue weighted by Crippen LogP contribution is -2.16. The second-order valence-electron chi connectivity index (χ2n) is 7.43. The van der Waals surface area contributed by atoms with E-state index in [1.807, 2.05) is 61.5 Å². The van der Waals surface area contributed by atoms with Gasteiger partial charge in [-0.1, -0.05) is 70.5 Å². The number of rotatable bonds is 9. The van der Waals surface area contributed by atoms with E-state index in [2.05, 4.69) is 50.6 Å². The van der Waals surface area contributed by atoms with Crippen LogP contribution in [0.25, 0.3) is 11.4 Å². The molecule has 0 aliphatic carbocycles. The van der Waals surface area contributed by atoms with Gasteiger partial charge in [-0.3, -0.25) is 0 Å². The van der Waals surface area contributed by atoms with Gasteiger partial charge in [0.25, 0.3) is 0 Å². The predicted molar refractivity (Wildman–Crippen MR) is 137 cm³/mol. The lowest BCUT2D eigenvalue weighted by molar-refractivity contribution is 0.268. The summed E-state index contributed by atoms with van der Waals surface area (Å²) < 4.78 is 15.2. The third-order valence-electron chi connectivity index (χ3n) is 5.19. The molecular formula is C25H25BrN4O2S. The van der Waals surface area contributed by atoms with Crippen LogP contribution in [0.4, 0.5) is 0 Å². The molecule has 0 amide bonds. The minimum Gasteiger partial charge on any atom is -0.490 e. The molecule has 33 heavy (non-hydrogen) atoms. The van der Waals surface area contributed by atoms with Crippen LogP contribution >= 0.6 is 28.1 Å². The molecule has 8 heteroatoms. The molecule has 6 nitrogen and oxygen atoms in total. The predicted octanol–water partition coefficient (Wildman–Crippen LogP) is 6.40. The van der Waals surface area contributed by atoms with E-state index in [0.717, 1.165) is 27.0 Å². The fraction of sp³-hybridized carbons (Fsp3) is 0.200. The maximum absolute atomic E-state index is 6.13. The molecule has 0 unspecified atom stereocenters. The zero-order chi connectivity index (χ0) is 23.2. The Morgan fingerprint density at radius 1 is 1.00 bits per heavy atom. The van der Waals surface area contributed by atoms with Gasteiger partial charge in [-0.25, -0.2) is 9.77 Å². The van der Waals surface area contributed by atoms with E-state index in [4.69, 9.17) is 21.7 Å². The summed E-state index contributed by atoms with van der Waals surface area (Å²) in [5.41, 5.74) is 7.67. The molecule has 0 radical (unpaired) electrons. The maximum Gasteiger partial charge on any atom is 0.214 e. The third kappa shape index (κ3) is 5.46. The summed E-state index contributed by atoms with van der Waals surface area (Å²) in [6.45, 7) is 5.56. The van der Waals surface area contributed by atoms with Crippen molar-refractivity contribution in [1.29, 1.82) is 0 Å². The average molecular weight is 525 g/mol. The number of benzene rings is 3. The number of ether oxygens (including phenoxy) is 2. The number of hydrogen-bond donors (Lipinski definition) is 2. The van der Waals surface area contributed by atoms with Crippen molar-refractivity contribution in [2.75, 3.05) is 12.0 Å². The van der Waals surface area contributed by atoms with Crippen molar-refractivity contribution in [3.8, 4) is 22.9 Å². The number of aromatic amines is 1. The number of H-pyrrole nitrogens is 1. The monoisotopic (exact) mass is 524 g/mol. The van der Waals surface area contributed by atoms with Crippen LogP contribution in [0.2, 0.25) is 0 Å². The fourth-order valence-corrected chi connectivity index (χ4v) is 4.07. The van der Waals surface area contributed by atoms with Gasteiger partial charge in [0.1, 0.15) is 6.61 Å². The van der Waals surface area contributed by atoms with Crippen molar-refractivity contribution < 1.29 is 9.47 Å². The lowest BCUT2D eigenvalue weighted by Gasteiger charge is -2.17. The Morgan fingerprint density at radius 2 is 1.73 bits per heavy atom. The first-order valence-corrected chi connectivity index (χ1v) is 11.9. The Balaban J connectivity index is 1.55. The van der Waals surface area contributed by atoms with Crippen LogP contribution < -0.4 is 14.9 Å². The molecular weight excluding hydrogens is 500 g/mol. The van der Waals surface area contributed by atoms with Crippen molar-refractivity contribution in [3.63, 3.8) is 0 Å². The average Bonchev–Trinajstić information content (AvgIpc) is 3.20. The quantitative estimate of drug-likeness (QED) is 0.248. The molecule has 0 bridgehead atoms. The maximum atomic E-state index is 6.13. The second kappa shape index (κ2) is 10.7. The number of aryl methyl sites for hydroxylation is 1. The van der Waals surface area contributed by atoms with Gasteiger partial charge in [-0.05, 0) is 54.9 Å². The number of aromatic nitrogens is 3. The van der Waals surface area contributed by atoms with E-state index in [0.29, 0.717) is 36.0 Å². The molecule has 4 aromatic rings. The molecule has 0 aliphatic rings. The molecule has 0 saturated carbocycles. The molecule has 0 atom stereocenters. The minimum absolute atomic E-state index is 0.474. The smallest absolute Gasteiger partial charge is 0.214 e. The van der Waals surface area contributed by atoms with Crippen molar-refractivity contribution in [2.24, 2.45) is 0 Å². The highest BCUT2D eigenvalue weighted by molar-refractivity contribution is 9.10. The van der Waals surface area contributed by atoms with Gasteiger partial charge in [0, 0.05) is 10.0 Å². The largest absolute Gasteiger partial charge is 0.490 e. The van der Waals surface area contributed by atoms with Gasteiger partial charge >= 0.3 is 0 Å². The van der Waals surface area contributed by atoms with E-state index in [-0.39, 0.29) is 0 Å². The van der Waals surface area contributed by atoms with Crippen LogP contribution in [-0.4, -0.2) is 21.5 Å². The molecule has 4 rings (SSSR count). The van der Waals surface area contributed by atoms with Crippen molar-refractivity contribution in [2.45, 2.75) is 27.0 Å². The molecule has 0 spiro atoms. The highest BCUT2D eigenvalue weighted by Gasteiger charge is 2.14. The molecule has 2 N–H and O–H groups in total. The summed E-state index contributed by atoms with van der Waals surface area (Å²) in [6, 6.07) is 22.0. The van der Waals surface area contributed by atoms with Crippen LogP contribution in [0.3, 0.4) is 0 Å². The second-order valence-corrected chi connectivity index (χ2v) is 8.67.